The molecule has 2 heterocycles. The molecule has 0 atom stereocenters. The van der Waals surface area contributed by atoms with Crippen molar-refractivity contribution in [3.8, 4) is 0 Å². The molecule has 1 aliphatic rings. The van der Waals surface area contributed by atoms with Gasteiger partial charge in [0.15, 0.2) is 11.7 Å². The number of hydrogen-bond acceptors (Lipinski definition) is 4. The van der Waals surface area contributed by atoms with E-state index < -0.39 is 0 Å². The fraction of sp³-hybridized carbons (Fsp3) is 0.632. The zero-order chi connectivity index (χ0) is 19.6. The van der Waals surface area contributed by atoms with Gasteiger partial charge in [-0.3, -0.25) is 14.6 Å². The fourth-order valence-corrected chi connectivity index (χ4v) is 3.10. The summed E-state index contributed by atoms with van der Waals surface area (Å²) in [6, 6.07) is 3.41. The standard InChI is InChI=1S/C19H31N5O3.HI/c1-4-20-19(21-10-9-17(25)22(5-2)6-3)24-13-11-23(12-14-24)18(26)16-8-7-15-27-16;/h7-8,15H,4-6,9-14H2,1-3H3,(H,20,21);1H. The van der Waals surface area contributed by atoms with Crippen molar-refractivity contribution < 1.29 is 14.0 Å². The number of carbonyl (C=O) groups is 2. The smallest absolute Gasteiger partial charge is 0.289 e. The minimum absolute atomic E-state index is 0. The molecule has 1 aromatic rings. The summed E-state index contributed by atoms with van der Waals surface area (Å²) in [6.45, 7) is 11.3. The second kappa shape index (κ2) is 12.6. The van der Waals surface area contributed by atoms with Crippen LogP contribution in [0.25, 0.3) is 0 Å². The number of nitrogens with one attached hydrogen (secondary N) is 1. The predicted molar refractivity (Wildman–Crippen MR) is 120 cm³/mol. The van der Waals surface area contributed by atoms with Gasteiger partial charge in [-0.05, 0) is 32.9 Å². The van der Waals surface area contributed by atoms with Crippen molar-refractivity contribution in [1.29, 1.82) is 0 Å². The largest absolute Gasteiger partial charge is 0.459 e. The Hall–Kier alpha value is -1.78. The first-order valence-electron chi connectivity index (χ1n) is 9.74. The first-order chi connectivity index (χ1) is 13.1. The molecule has 28 heavy (non-hydrogen) atoms. The minimum atomic E-state index is -0.0774. The molecule has 1 N–H and O–H groups in total. The molecule has 8 nitrogen and oxygen atoms in total. The van der Waals surface area contributed by atoms with Crippen molar-refractivity contribution in [1.82, 2.24) is 20.0 Å². The molecule has 0 saturated carbocycles. The quantitative estimate of drug-likeness (QED) is 0.348. The van der Waals surface area contributed by atoms with E-state index in [0.29, 0.717) is 44.9 Å². The Morgan fingerprint density at radius 1 is 1.14 bits per heavy atom. The van der Waals surface area contributed by atoms with Gasteiger partial charge in [-0.1, -0.05) is 0 Å². The van der Waals surface area contributed by atoms with Crippen LogP contribution in [0.2, 0.25) is 0 Å². The third-order valence-corrected chi connectivity index (χ3v) is 4.64. The zero-order valence-electron chi connectivity index (χ0n) is 17.0. The van der Waals surface area contributed by atoms with Gasteiger partial charge in [-0.15, -0.1) is 24.0 Å². The van der Waals surface area contributed by atoms with Crippen molar-refractivity contribution in [3.05, 3.63) is 24.2 Å². The summed E-state index contributed by atoms with van der Waals surface area (Å²) in [6.07, 6.45) is 1.92. The van der Waals surface area contributed by atoms with Crippen LogP contribution in [0.5, 0.6) is 0 Å². The molecule has 0 aromatic carbocycles. The first-order valence-corrected chi connectivity index (χ1v) is 9.74. The van der Waals surface area contributed by atoms with Gasteiger partial charge >= 0.3 is 0 Å². The average molecular weight is 505 g/mol. The second-order valence-corrected chi connectivity index (χ2v) is 6.31. The lowest BCUT2D eigenvalue weighted by Gasteiger charge is -2.36. The number of furan rings is 1. The molecule has 0 spiro atoms. The number of carbonyl (C=O) groups excluding carboxylic acids is 2. The molecule has 0 bridgehead atoms. The highest BCUT2D eigenvalue weighted by Crippen LogP contribution is 2.09. The molecule has 0 radical (unpaired) electrons. The van der Waals surface area contributed by atoms with Crippen molar-refractivity contribution in [2.45, 2.75) is 27.2 Å². The zero-order valence-corrected chi connectivity index (χ0v) is 19.3. The van der Waals surface area contributed by atoms with Crippen LogP contribution >= 0.6 is 24.0 Å². The van der Waals surface area contributed by atoms with Gasteiger partial charge in [-0.25, -0.2) is 0 Å². The van der Waals surface area contributed by atoms with Crippen LogP contribution in [0.4, 0.5) is 0 Å². The van der Waals surface area contributed by atoms with Crippen molar-refractivity contribution >= 4 is 41.8 Å². The summed E-state index contributed by atoms with van der Waals surface area (Å²) in [7, 11) is 0. The summed E-state index contributed by atoms with van der Waals surface area (Å²) >= 11 is 0. The lowest BCUT2D eigenvalue weighted by molar-refractivity contribution is -0.130. The monoisotopic (exact) mass is 505 g/mol. The molecule has 2 rings (SSSR count). The number of piperazine rings is 1. The minimum Gasteiger partial charge on any atom is -0.459 e. The lowest BCUT2D eigenvalue weighted by Crippen LogP contribution is -2.53. The summed E-state index contributed by atoms with van der Waals surface area (Å²) in [5.74, 6) is 1.23. The Labute approximate surface area is 184 Å². The third kappa shape index (κ3) is 6.68. The van der Waals surface area contributed by atoms with Gasteiger partial charge < -0.3 is 24.4 Å². The molecule has 0 aliphatic carbocycles. The normalized spacial score (nSPS) is 14.5. The summed E-state index contributed by atoms with van der Waals surface area (Å²) < 4.78 is 5.20. The lowest BCUT2D eigenvalue weighted by atomic mass is 10.3. The van der Waals surface area contributed by atoms with Crippen LogP contribution in [0.15, 0.2) is 27.8 Å². The molecule has 1 aliphatic heterocycles. The van der Waals surface area contributed by atoms with E-state index >= 15 is 0 Å². The number of aliphatic imine (C=N–C) groups is 1. The second-order valence-electron chi connectivity index (χ2n) is 6.31. The van der Waals surface area contributed by atoms with Gasteiger partial charge in [0.25, 0.3) is 5.91 Å². The Balaban J connectivity index is 0.00000392. The maximum absolute atomic E-state index is 12.4. The summed E-state index contributed by atoms with van der Waals surface area (Å²) in [5, 5.41) is 3.28. The topological polar surface area (TPSA) is 81.4 Å². The predicted octanol–water partition coefficient (Wildman–Crippen LogP) is 1.88. The van der Waals surface area contributed by atoms with Gasteiger partial charge in [0.05, 0.1) is 12.8 Å². The molecule has 2 amide bonds. The van der Waals surface area contributed by atoms with E-state index in [2.05, 4.69) is 15.2 Å². The van der Waals surface area contributed by atoms with Gasteiger partial charge in [-0.2, -0.15) is 0 Å². The maximum atomic E-state index is 12.4. The molecule has 1 saturated heterocycles. The van der Waals surface area contributed by atoms with Crippen LogP contribution in [-0.2, 0) is 4.79 Å². The third-order valence-electron chi connectivity index (χ3n) is 4.64. The SMILES string of the molecule is CCNC(=NCCC(=O)N(CC)CC)N1CCN(C(=O)c2ccco2)CC1.I. The Bertz CT molecular complexity index is 624. The van der Waals surface area contributed by atoms with E-state index in [4.69, 9.17) is 4.42 Å². The maximum Gasteiger partial charge on any atom is 0.289 e. The van der Waals surface area contributed by atoms with Crippen LogP contribution < -0.4 is 5.32 Å². The van der Waals surface area contributed by atoms with E-state index in [1.165, 1.54) is 6.26 Å². The molecule has 158 valence electrons. The van der Waals surface area contributed by atoms with Crippen LogP contribution in [-0.4, -0.2) is 84.8 Å². The fourth-order valence-electron chi connectivity index (χ4n) is 3.10. The highest BCUT2D eigenvalue weighted by Gasteiger charge is 2.25. The highest BCUT2D eigenvalue weighted by atomic mass is 127. The van der Waals surface area contributed by atoms with Crippen LogP contribution in [0.3, 0.4) is 0 Å². The van der Waals surface area contributed by atoms with Crippen LogP contribution in [0, 0.1) is 0 Å². The van der Waals surface area contributed by atoms with Gasteiger partial charge in [0, 0.05) is 52.2 Å². The van der Waals surface area contributed by atoms with Crippen molar-refractivity contribution in [2.24, 2.45) is 4.99 Å². The van der Waals surface area contributed by atoms with E-state index in [9.17, 15) is 9.59 Å². The van der Waals surface area contributed by atoms with E-state index in [1.54, 1.807) is 17.0 Å². The number of guanidine groups is 1. The van der Waals surface area contributed by atoms with Crippen LogP contribution in [0.1, 0.15) is 37.7 Å². The number of nitrogens with zero attached hydrogens (tertiary/aromatic N) is 4. The highest BCUT2D eigenvalue weighted by molar-refractivity contribution is 14.0. The number of rotatable bonds is 7. The van der Waals surface area contributed by atoms with E-state index in [-0.39, 0.29) is 35.8 Å². The number of hydrogen-bond donors (Lipinski definition) is 1. The Morgan fingerprint density at radius 2 is 1.79 bits per heavy atom. The Kier molecular flexibility index (Phi) is 10.9. The number of halogens is 1. The summed E-state index contributed by atoms with van der Waals surface area (Å²) in [4.78, 5) is 34.8. The van der Waals surface area contributed by atoms with E-state index in [1.807, 2.05) is 25.7 Å². The molecule has 0 unspecified atom stereocenters. The molecular weight excluding hydrogens is 473 g/mol. The van der Waals surface area contributed by atoms with Crippen molar-refractivity contribution in [2.75, 3.05) is 52.4 Å². The first kappa shape index (κ1) is 24.3. The average Bonchev–Trinajstić information content (AvgIpc) is 3.23. The van der Waals surface area contributed by atoms with Gasteiger partial charge in [0.2, 0.25) is 5.91 Å². The molecule has 9 heteroatoms. The molecular formula is C19H32IN5O3. The van der Waals surface area contributed by atoms with Crippen molar-refractivity contribution in [3.63, 3.8) is 0 Å². The Morgan fingerprint density at radius 3 is 2.32 bits per heavy atom. The van der Waals surface area contributed by atoms with Gasteiger partial charge in [0.1, 0.15) is 0 Å². The van der Waals surface area contributed by atoms with E-state index in [0.717, 1.165) is 25.6 Å². The molecule has 1 fully saturated rings. The number of amides is 2. The molecule has 1 aromatic heterocycles. The summed E-state index contributed by atoms with van der Waals surface area (Å²) in [5.41, 5.74) is 0.